The van der Waals surface area contributed by atoms with E-state index in [-0.39, 0.29) is 5.54 Å². The lowest BCUT2D eigenvalue weighted by atomic mass is 9.67. The third kappa shape index (κ3) is 1.12. The molecule has 1 aromatic rings. The number of nitrogens with one attached hydrogen (secondary N) is 1. The van der Waals surface area contributed by atoms with Crippen LogP contribution in [-0.2, 0) is 5.54 Å². The maximum absolute atomic E-state index is 6.23. The monoisotopic (exact) mass is 207 g/mol. The zero-order chi connectivity index (χ0) is 9.60. The number of rotatable bonds is 1. The van der Waals surface area contributed by atoms with E-state index < -0.39 is 0 Å². The molecule has 3 fully saturated rings. The Balaban J connectivity index is 1.99. The maximum Gasteiger partial charge on any atom is 0.0466 e. The Bertz CT molecular complexity index is 350. The predicted molar refractivity (Wildman–Crippen MR) is 58.5 cm³/mol. The number of fused-ring (bicyclic) bond motifs is 2. The van der Waals surface area contributed by atoms with Gasteiger partial charge in [-0.05, 0) is 37.3 Å². The molecule has 3 aliphatic rings. The fraction of sp³-hybridized carbons (Fsp3) is 0.500. The molecule has 2 heteroatoms. The van der Waals surface area contributed by atoms with Crippen molar-refractivity contribution >= 4 is 11.6 Å². The molecule has 0 aromatic heterocycles. The van der Waals surface area contributed by atoms with Gasteiger partial charge in [-0.2, -0.15) is 0 Å². The van der Waals surface area contributed by atoms with E-state index in [2.05, 4.69) is 17.4 Å². The first kappa shape index (κ1) is 8.75. The van der Waals surface area contributed by atoms with E-state index in [1.807, 2.05) is 12.1 Å². The van der Waals surface area contributed by atoms with Crippen molar-refractivity contribution in [2.45, 2.75) is 37.3 Å². The lowest BCUT2D eigenvalue weighted by Gasteiger charge is -2.54. The van der Waals surface area contributed by atoms with Crippen LogP contribution in [0, 0.1) is 0 Å². The smallest absolute Gasteiger partial charge is 0.0466 e. The van der Waals surface area contributed by atoms with Gasteiger partial charge < -0.3 is 5.32 Å². The van der Waals surface area contributed by atoms with Gasteiger partial charge in [0.05, 0.1) is 0 Å². The van der Waals surface area contributed by atoms with Gasteiger partial charge in [-0.3, -0.25) is 0 Å². The SMILES string of the molecule is Clc1ccccc1C12CCCC(C1)N2. The van der Waals surface area contributed by atoms with Gasteiger partial charge in [-0.1, -0.05) is 29.8 Å². The summed E-state index contributed by atoms with van der Waals surface area (Å²) in [5.74, 6) is 0. The van der Waals surface area contributed by atoms with Gasteiger partial charge in [0, 0.05) is 16.6 Å². The first-order valence-corrected chi connectivity index (χ1v) is 5.71. The van der Waals surface area contributed by atoms with Crippen molar-refractivity contribution in [2.75, 3.05) is 0 Å². The van der Waals surface area contributed by atoms with Crippen LogP contribution in [-0.4, -0.2) is 6.04 Å². The summed E-state index contributed by atoms with van der Waals surface area (Å²) in [6.07, 6.45) is 5.19. The van der Waals surface area contributed by atoms with Crippen LogP contribution < -0.4 is 5.32 Å². The summed E-state index contributed by atoms with van der Waals surface area (Å²) in [6.45, 7) is 0. The average molecular weight is 208 g/mol. The number of hydrogen-bond donors (Lipinski definition) is 1. The highest BCUT2D eigenvalue weighted by atomic mass is 35.5. The Kier molecular flexibility index (Phi) is 1.86. The molecule has 4 rings (SSSR count). The minimum Gasteiger partial charge on any atom is -0.304 e. The van der Waals surface area contributed by atoms with Gasteiger partial charge in [0.2, 0.25) is 0 Å². The molecule has 2 unspecified atom stereocenters. The van der Waals surface area contributed by atoms with E-state index in [0.717, 1.165) is 11.1 Å². The summed E-state index contributed by atoms with van der Waals surface area (Å²) in [4.78, 5) is 0. The lowest BCUT2D eigenvalue weighted by molar-refractivity contribution is 0.0689. The summed E-state index contributed by atoms with van der Waals surface area (Å²) in [6, 6.07) is 8.99. The van der Waals surface area contributed by atoms with Crippen LogP contribution in [0.15, 0.2) is 24.3 Å². The molecule has 2 saturated heterocycles. The summed E-state index contributed by atoms with van der Waals surface area (Å²) >= 11 is 6.23. The molecule has 0 spiro atoms. The molecule has 2 aliphatic heterocycles. The van der Waals surface area contributed by atoms with E-state index >= 15 is 0 Å². The normalized spacial score (nSPS) is 35.1. The van der Waals surface area contributed by atoms with Crippen molar-refractivity contribution in [3.05, 3.63) is 34.9 Å². The minimum absolute atomic E-state index is 0.223. The van der Waals surface area contributed by atoms with Crippen molar-refractivity contribution in [2.24, 2.45) is 0 Å². The summed E-state index contributed by atoms with van der Waals surface area (Å²) in [5.41, 5.74) is 1.53. The maximum atomic E-state index is 6.23. The molecule has 1 N–H and O–H groups in total. The highest BCUT2D eigenvalue weighted by molar-refractivity contribution is 6.31. The first-order chi connectivity index (χ1) is 6.80. The number of piperidine rings is 1. The molecule has 1 aliphatic carbocycles. The fourth-order valence-electron chi connectivity index (χ4n) is 2.96. The van der Waals surface area contributed by atoms with Gasteiger partial charge in [0.1, 0.15) is 0 Å². The quantitative estimate of drug-likeness (QED) is 0.747. The molecule has 0 amide bonds. The number of halogens is 1. The van der Waals surface area contributed by atoms with E-state index in [1.54, 1.807) is 0 Å². The van der Waals surface area contributed by atoms with E-state index in [4.69, 9.17) is 11.6 Å². The third-order valence-corrected chi connectivity index (χ3v) is 3.95. The topological polar surface area (TPSA) is 12.0 Å². The average Bonchev–Trinajstić information content (AvgIpc) is 2.18. The highest BCUT2D eigenvalue weighted by Gasteiger charge is 2.48. The van der Waals surface area contributed by atoms with Crippen LogP contribution in [0.3, 0.4) is 0 Å². The first-order valence-electron chi connectivity index (χ1n) is 5.33. The molecule has 1 nitrogen and oxygen atoms in total. The summed E-state index contributed by atoms with van der Waals surface area (Å²) < 4.78 is 0. The van der Waals surface area contributed by atoms with Crippen molar-refractivity contribution in [1.82, 2.24) is 5.32 Å². The van der Waals surface area contributed by atoms with Crippen LogP contribution in [0.2, 0.25) is 5.02 Å². The van der Waals surface area contributed by atoms with Crippen LogP contribution in [0.1, 0.15) is 31.2 Å². The molecular weight excluding hydrogens is 194 g/mol. The van der Waals surface area contributed by atoms with Crippen LogP contribution in [0.5, 0.6) is 0 Å². The second kappa shape index (κ2) is 2.98. The molecule has 2 bridgehead atoms. The molecular formula is C12H14ClN. The molecule has 1 saturated carbocycles. The van der Waals surface area contributed by atoms with Gasteiger partial charge in [-0.15, -0.1) is 0 Å². The third-order valence-electron chi connectivity index (χ3n) is 3.62. The van der Waals surface area contributed by atoms with E-state index in [0.29, 0.717) is 0 Å². The summed E-state index contributed by atoms with van der Waals surface area (Å²) in [5, 5.41) is 4.58. The predicted octanol–water partition coefficient (Wildman–Crippen LogP) is 3.08. The molecule has 2 heterocycles. The zero-order valence-corrected chi connectivity index (χ0v) is 8.85. The van der Waals surface area contributed by atoms with Crippen molar-refractivity contribution < 1.29 is 0 Å². The zero-order valence-electron chi connectivity index (χ0n) is 8.09. The fourth-order valence-corrected chi connectivity index (χ4v) is 3.28. The second-order valence-corrected chi connectivity index (χ2v) is 4.91. The Labute approximate surface area is 89.5 Å². The van der Waals surface area contributed by atoms with Gasteiger partial charge in [-0.25, -0.2) is 0 Å². The van der Waals surface area contributed by atoms with E-state index in [1.165, 1.54) is 31.2 Å². The Morgan fingerprint density at radius 3 is 2.79 bits per heavy atom. The van der Waals surface area contributed by atoms with Crippen molar-refractivity contribution in [3.63, 3.8) is 0 Å². The van der Waals surface area contributed by atoms with Gasteiger partial charge in [0.15, 0.2) is 0 Å². The molecule has 74 valence electrons. The Morgan fingerprint density at radius 2 is 2.14 bits per heavy atom. The molecule has 0 radical (unpaired) electrons. The van der Waals surface area contributed by atoms with Crippen LogP contribution >= 0.6 is 11.6 Å². The van der Waals surface area contributed by atoms with Gasteiger partial charge in [0.25, 0.3) is 0 Å². The van der Waals surface area contributed by atoms with Crippen LogP contribution in [0.4, 0.5) is 0 Å². The largest absolute Gasteiger partial charge is 0.304 e. The Morgan fingerprint density at radius 1 is 1.36 bits per heavy atom. The van der Waals surface area contributed by atoms with Gasteiger partial charge >= 0.3 is 0 Å². The lowest BCUT2D eigenvalue weighted by Crippen LogP contribution is -2.63. The van der Waals surface area contributed by atoms with Crippen LogP contribution in [0.25, 0.3) is 0 Å². The highest BCUT2D eigenvalue weighted by Crippen LogP contribution is 2.47. The number of hydrogen-bond acceptors (Lipinski definition) is 1. The molecule has 14 heavy (non-hydrogen) atoms. The van der Waals surface area contributed by atoms with Crippen molar-refractivity contribution in [3.8, 4) is 0 Å². The standard InChI is InChI=1S/C12H14ClN/c13-11-6-2-1-5-10(11)12-7-3-4-9(8-12)14-12/h1-2,5-6,9,14H,3-4,7-8H2. The number of benzene rings is 1. The van der Waals surface area contributed by atoms with Crippen molar-refractivity contribution in [1.29, 1.82) is 0 Å². The summed E-state index contributed by atoms with van der Waals surface area (Å²) in [7, 11) is 0. The molecule has 2 atom stereocenters. The Hall–Kier alpha value is -0.530. The minimum atomic E-state index is 0.223. The molecule has 1 aromatic carbocycles. The van der Waals surface area contributed by atoms with E-state index in [9.17, 15) is 0 Å². The second-order valence-electron chi connectivity index (χ2n) is 4.50.